The zero-order chi connectivity index (χ0) is 28.8. The van der Waals surface area contributed by atoms with Gasteiger partial charge in [-0.15, -0.1) is 71.8 Å². The predicted molar refractivity (Wildman–Crippen MR) is 171 cm³/mol. The molecule has 2 aliphatic rings. The fourth-order valence-electron chi connectivity index (χ4n) is 7.02. The van der Waals surface area contributed by atoms with Gasteiger partial charge in [0.2, 0.25) is 0 Å². The number of nitrogens with zero attached hydrogens (tertiary/aromatic N) is 4. The van der Waals surface area contributed by atoms with Gasteiger partial charge in [-0.25, -0.2) is 0 Å². The van der Waals surface area contributed by atoms with E-state index in [1.807, 2.05) is 36.4 Å². The molecular weight excluding hydrogens is 705 g/mol. The van der Waals surface area contributed by atoms with Crippen molar-refractivity contribution in [2.45, 2.75) is 64.8 Å². The summed E-state index contributed by atoms with van der Waals surface area (Å²) in [5, 5.41) is 0. The number of hydrogen-bond donors (Lipinski definition) is 0. The zero-order valence-electron chi connectivity index (χ0n) is 25.1. The Labute approximate surface area is 268 Å². The van der Waals surface area contributed by atoms with Crippen molar-refractivity contribution in [2.75, 3.05) is 0 Å². The molecule has 5 heteroatoms. The van der Waals surface area contributed by atoms with E-state index in [0.717, 1.165) is 45.6 Å². The molecule has 2 bridgehead atoms. The third-order valence-corrected chi connectivity index (χ3v) is 8.82. The van der Waals surface area contributed by atoms with E-state index in [1.165, 1.54) is 47.5 Å². The van der Waals surface area contributed by atoms with Crippen molar-refractivity contribution in [3.63, 3.8) is 0 Å². The SMILES string of the molecule is CC(C)n1c(-c2[c-]cccc2)nc2c1C1CCC2C1.Cc1cccc(C)c1-n1c(-c2[c-]cccc2)nc2ccccc21.[Ir]. The van der Waals surface area contributed by atoms with Gasteiger partial charge < -0.3 is 9.13 Å². The summed E-state index contributed by atoms with van der Waals surface area (Å²) >= 11 is 0. The molecule has 0 amide bonds. The van der Waals surface area contributed by atoms with E-state index in [2.05, 4.69) is 104 Å². The van der Waals surface area contributed by atoms with Crippen molar-refractivity contribution in [3.05, 3.63) is 126 Å². The molecule has 2 atom stereocenters. The fraction of sp³-hybridized carbons (Fsp3) is 0.263. The van der Waals surface area contributed by atoms with Crippen LogP contribution in [0.5, 0.6) is 0 Å². The van der Waals surface area contributed by atoms with Crippen LogP contribution < -0.4 is 0 Å². The Bertz CT molecular complexity index is 1850. The van der Waals surface area contributed by atoms with Crippen LogP contribution in [0.3, 0.4) is 0 Å². The third kappa shape index (κ3) is 5.19. The summed E-state index contributed by atoms with van der Waals surface area (Å²) in [5.74, 6) is 3.54. The topological polar surface area (TPSA) is 35.6 Å². The average Bonchev–Trinajstić information content (AvgIpc) is 3.79. The molecule has 6 aromatic rings. The van der Waals surface area contributed by atoms with Crippen molar-refractivity contribution in [1.29, 1.82) is 0 Å². The number of imidazole rings is 2. The molecule has 2 aliphatic carbocycles. The summed E-state index contributed by atoms with van der Waals surface area (Å²) in [6.07, 6.45) is 4.03. The molecular formula is C38H36IrN4-2. The number of aromatic nitrogens is 4. The van der Waals surface area contributed by atoms with Crippen molar-refractivity contribution >= 4 is 11.0 Å². The Hall–Kier alpha value is -3.79. The molecule has 1 saturated carbocycles. The van der Waals surface area contributed by atoms with E-state index in [9.17, 15) is 0 Å². The molecule has 0 aliphatic heterocycles. The van der Waals surface area contributed by atoms with Gasteiger partial charge in [0.25, 0.3) is 0 Å². The van der Waals surface area contributed by atoms with Crippen LogP contribution in [0, 0.1) is 26.0 Å². The molecule has 4 nitrogen and oxygen atoms in total. The smallest absolute Gasteiger partial charge is 0.0774 e. The second-order valence-corrected chi connectivity index (χ2v) is 11.9. The number of benzene rings is 4. The molecule has 4 aromatic carbocycles. The number of fused-ring (bicyclic) bond motifs is 6. The molecule has 0 N–H and O–H groups in total. The Balaban J connectivity index is 0.000000152. The van der Waals surface area contributed by atoms with Crippen molar-refractivity contribution < 1.29 is 20.1 Å². The minimum atomic E-state index is 0. The van der Waals surface area contributed by atoms with Crippen LogP contribution in [0.25, 0.3) is 39.5 Å². The van der Waals surface area contributed by atoms with Gasteiger partial charge in [-0.3, -0.25) is 9.97 Å². The molecule has 8 rings (SSSR count). The van der Waals surface area contributed by atoms with Gasteiger partial charge in [0.1, 0.15) is 0 Å². The minimum absolute atomic E-state index is 0. The number of hydrogen-bond acceptors (Lipinski definition) is 2. The van der Waals surface area contributed by atoms with Gasteiger partial charge in [-0.2, -0.15) is 0 Å². The Morgan fingerprint density at radius 2 is 1.35 bits per heavy atom. The second kappa shape index (κ2) is 12.1. The van der Waals surface area contributed by atoms with E-state index in [4.69, 9.17) is 9.97 Å². The summed E-state index contributed by atoms with van der Waals surface area (Å²) in [7, 11) is 0. The van der Waals surface area contributed by atoms with E-state index in [0.29, 0.717) is 6.04 Å². The monoisotopic (exact) mass is 741 g/mol. The summed E-state index contributed by atoms with van der Waals surface area (Å²) in [6.45, 7) is 8.83. The van der Waals surface area contributed by atoms with Crippen LogP contribution in [0.4, 0.5) is 0 Å². The van der Waals surface area contributed by atoms with Crippen LogP contribution >= 0.6 is 0 Å². The van der Waals surface area contributed by atoms with Crippen LogP contribution in [-0.4, -0.2) is 19.1 Å². The van der Waals surface area contributed by atoms with Crippen LogP contribution in [0.2, 0.25) is 0 Å². The Morgan fingerprint density at radius 1 is 0.721 bits per heavy atom. The first-order valence-electron chi connectivity index (χ1n) is 15.1. The standard InChI is InChI=1S/C21H17N2.C17H19N2.Ir/c1-15-9-8-10-16(2)20(15)23-19-14-7-6-13-18(19)22-21(23)17-11-4-3-5-12-17;1-11(2)19-16-14-9-8-13(10-14)15(16)18-17(19)12-6-4-3-5-7-12;/h3-11,13-14H,1-2H3;3-6,11,13-14H,8-10H2,1-2H3;/q2*-1;. The van der Waals surface area contributed by atoms with E-state index < -0.39 is 0 Å². The molecule has 1 radical (unpaired) electrons. The van der Waals surface area contributed by atoms with Gasteiger partial charge >= 0.3 is 0 Å². The number of para-hydroxylation sites is 3. The predicted octanol–water partition coefficient (Wildman–Crippen LogP) is 9.40. The molecule has 219 valence electrons. The Morgan fingerprint density at radius 3 is 2.00 bits per heavy atom. The molecule has 2 heterocycles. The maximum atomic E-state index is 5.00. The molecule has 0 saturated heterocycles. The quantitative estimate of drug-likeness (QED) is 0.169. The molecule has 0 spiro atoms. The van der Waals surface area contributed by atoms with Gasteiger partial charge in [0, 0.05) is 49.4 Å². The van der Waals surface area contributed by atoms with Crippen molar-refractivity contribution in [3.8, 4) is 28.5 Å². The minimum Gasteiger partial charge on any atom is -0.365 e. The largest absolute Gasteiger partial charge is 0.365 e. The van der Waals surface area contributed by atoms with Crippen LogP contribution in [-0.2, 0) is 20.1 Å². The zero-order valence-corrected chi connectivity index (χ0v) is 27.5. The summed E-state index contributed by atoms with van der Waals surface area (Å²) in [5.41, 5.74) is 10.9. The maximum Gasteiger partial charge on any atom is 0.0774 e. The fourth-order valence-corrected chi connectivity index (χ4v) is 7.02. The number of rotatable bonds is 4. The summed E-state index contributed by atoms with van der Waals surface area (Å²) < 4.78 is 4.72. The molecule has 2 aromatic heterocycles. The van der Waals surface area contributed by atoms with Gasteiger partial charge in [-0.05, 0) is 70.2 Å². The van der Waals surface area contributed by atoms with Crippen LogP contribution in [0.15, 0.2) is 91.0 Å². The van der Waals surface area contributed by atoms with Gasteiger partial charge in [-0.1, -0.05) is 30.3 Å². The van der Waals surface area contributed by atoms with Crippen LogP contribution in [0.1, 0.15) is 73.5 Å². The summed E-state index contributed by atoms with van der Waals surface area (Å²) in [4.78, 5) is 9.87. The van der Waals surface area contributed by atoms with Gasteiger partial charge in [0.15, 0.2) is 0 Å². The van der Waals surface area contributed by atoms with Crippen molar-refractivity contribution in [2.24, 2.45) is 0 Å². The first-order valence-corrected chi connectivity index (χ1v) is 15.1. The van der Waals surface area contributed by atoms with Gasteiger partial charge in [0.05, 0.1) is 28.4 Å². The third-order valence-electron chi connectivity index (χ3n) is 8.82. The molecule has 1 fully saturated rings. The second-order valence-electron chi connectivity index (χ2n) is 11.9. The van der Waals surface area contributed by atoms with E-state index in [-0.39, 0.29) is 20.1 Å². The van der Waals surface area contributed by atoms with E-state index >= 15 is 0 Å². The van der Waals surface area contributed by atoms with Crippen molar-refractivity contribution in [1.82, 2.24) is 19.1 Å². The normalized spacial score (nSPS) is 16.6. The first kappa shape index (κ1) is 29.3. The average molecular weight is 741 g/mol. The maximum absolute atomic E-state index is 5.00. The summed E-state index contributed by atoms with van der Waals surface area (Å²) in [6, 6.07) is 38.0. The first-order chi connectivity index (χ1) is 20.5. The number of aryl methyl sites for hydroxylation is 2. The molecule has 43 heavy (non-hydrogen) atoms. The Kier molecular flexibility index (Phi) is 8.22. The molecule has 2 unspecified atom stereocenters. The van der Waals surface area contributed by atoms with E-state index in [1.54, 1.807) is 0 Å².